The molecule has 1 heterocycles. The highest BCUT2D eigenvalue weighted by atomic mass is 32.1. The van der Waals surface area contributed by atoms with E-state index in [-0.39, 0.29) is 0 Å². The molecule has 4 nitrogen and oxygen atoms in total. The molecule has 1 aromatic heterocycles. The second-order valence-corrected chi connectivity index (χ2v) is 5.87. The molecule has 124 valence electrons. The molecule has 0 bridgehead atoms. The van der Waals surface area contributed by atoms with E-state index in [4.69, 9.17) is 4.74 Å². The van der Waals surface area contributed by atoms with Crippen LogP contribution < -0.4 is 10.6 Å². The SMILES string of the molecule is CCNC(=NCc1ccsc1)NCc1ccccc1COCC. The maximum Gasteiger partial charge on any atom is 0.191 e. The van der Waals surface area contributed by atoms with Crippen LogP contribution in [0, 0.1) is 0 Å². The molecule has 0 fully saturated rings. The Morgan fingerprint density at radius 3 is 2.65 bits per heavy atom. The van der Waals surface area contributed by atoms with Crippen LogP contribution in [0.15, 0.2) is 46.1 Å². The Morgan fingerprint density at radius 2 is 1.96 bits per heavy atom. The molecule has 0 atom stereocenters. The Bertz CT molecular complexity index is 596. The standard InChI is InChI=1S/C18H25N3OS/c1-3-19-18(20-11-15-9-10-23-14-15)21-12-16-7-5-6-8-17(16)13-22-4-2/h5-10,14H,3-4,11-13H2,1-2H3,(H2,19,20,21). The molecular weight excluding hydrogens is 306 g/mol. The van der Waals surface area contributed by atoms with Crippen molar-refractivity contribution in [2.45, 2.75) is 33.5 Å². The maximum atomic E-state index is 5.54. The summed E-state index contributed by atoms with van der Waals surface area (Å²) in [5.74, 6) is 0.838. The summed E-state index contributed by atoms with van der Waals surface area (Å²) in [6.07, 6.45) is 0. The van der Waals surface area contributed by atoms with E-state index in [1.54, 1.807) is 11.3 Å². The van der Waals surface area contributed by atoms with Gasteiger partial charge in [-0.25, -0.2) is 4.99 Å². The van der Waals surface area contributed by atoms with Crippen molar-refractivity contribution in [3.8, 4) is 0 Å². The van der Waals surface area contributed by atoms with Crippen molar-refractivity contribution >= 4 is 17.3 Å². The van der Waals surface area contributed by atoms with Gasteiger partial charge in [-0.05, 0) is 47.4 Å². The molecule has 0 spiro atoms. The summed E-state index contributed by atoms with van der Waals surface area (Å²) >= 11 is 1.70. The number of nitrogens with one attached hydrogen (secondary N) is 2. The number of hydrogen-bond donors (Lipinski definition) is 2. The third-order valence-corrected chi connectivity index (χ3v) is 4.10. The van der Waals surface area contributed by atoms with Gasteiger partial charge < -0.3 is 15.4 Å². The lowest BCUT2D eigenvalue weighted by Crippen LogP contribution is -2.37. The topological polar surface area (TPSA) is 45.7 Å². The first kappa shape index (κ1) is 17.5. The zero-order chi connectivity index (χ0) is 16.3. The minimum atomic E-state index is 0.650. The quantitative estimate of drug-likeness (QED) is 0.574. The summed E-state index contributed by atoms with van der Waals surface area (Å²) in [6.45, 7) is 7.74. The molecule has 2 N–H and O–H groups in total. The minimum absolute atomic E-state index is 0.650. The normalized spacial score (nSPS) is 11.5. The van der Waals surface area contributed by atoms with Crippen LogP contribution in [0.3, 0.4) is 0 Å². The summed E-state index contributed by atoms with van der Waals surface area (Å²) in [4.78, 5) is 4.63. The van der Waals surface area contributed by atoms with E-state index in [1.807, 2.05) is 13.0 Å². The molecule has 1 aromatic carbocycles. The lowest BCUT2D eigenvalue weighted by molar-refractivity contribution is 0.133. The molecule has 23 heavy (non-hydrogen) atoms. The number of nitrogens with zero attached hydrogens (tertiary/aromatic N) is 1. The number of guanidine groups is 1. The van der Waals surface area contributed by atoms with Gasteiger partial charge in [-0.1, -0.05) is 24.3 Å². The van der Waals surface area contributed by atoms with E-state index in [1.165, 1.54) is 16.7 Å². The number of thiophene rings is 1. The van der Waals surface area contributed by atoms with Crippen LogP contribution in [-0.2, 0) is 24.4 Å². The molecule has 0 radical (unpaired) electrons. The van der Waals surface area contributed by atoms with Crippen LogP contribution in [0.5, 0.6) is 0 Å². The summed E-state index contributed by atoms with van der Waals surface area (Å²) < 4.78 is 5.54. The van der Waals surface area contributed by atoms with Crippen LogP contribution in [0.25, 0.3) is 0 Å². The smallest absolute Gasteiger partial charge is 0.191 e. The Balaban J connectivity index is 1.96. The van der Waals surface area contributed by atoms with Gasteiger partial charge in [-0.15, -0.1) is 0 Å². The van der Waals surface area contributed by atoms with Gasteiger partial charge in [0, 0.05) is 19.7 Å². The van der Waals surface area contributed by atoms with Gasteiger partial charge in [0.05, 0.1) is 13.2 Å². The van der Waals surface area contributed by atoms with Gasteiger partial charge in [0.15, 0.2) is 5.96 Å². The van der Waals surface area contributed by atoms with Crippen molar-refractivity contribution in [3.63, 3.8) is 0 Å². The van der Waals surface area contributed by atoms with Crippen LogP contribution in [0.2, 0.25) is 0 Å². The molecule has 0 aliphatic heterocycles. The maximum absolute atomic E-state index is 5.54. The molecule has 0 aliphatic rings. The fourth-order valence-electron chi connectivity index (χ4n) is 2.16. The van der Waals surface area contributed by atoms with Crippen molar-refractivity contribution in [1.82, 2.24) is 10.6 Å². The fourth-order valence-corrected chi connectivity index (χ4v) is 2.82. The van der Waals surface area contributed by atoms with E-state index < -0.39 is 0 Å². The molecule has 0 saturated heterocycles. The van der Waals surface area contributed by atoms with Gasteiger partial charge in [0.1, 0.15) is 0 Å². The Labute approximate surface area is 142 Å². The average molecular weight is 331 g/mol. The van der Waals surface area contributed by atoms with Crippen molar-refractivity contribution in [2.24, 2.45) is 4.99 Å². The molecule has 2 aromatic rings. The van der Waals surface area contributed by atoms with Crippen molar-refractivity contribution < 1.29 is 4.74 Å². The molecule has 5 heteroatoms. The third-order valence-electron chi connectivity index (χ3n) is 3.37. The van der Waals surface area contributed by atoms with E-state index in [0.29, 0.717) is 13.2 Å². The number of hydrogen-bond acceptors (Lipinski definition) is 3. The van der Waals surface area contributed by atoms with Gasteiger partial charge in [0.25, 0.3) is 0 Å². The van der Waals surface area contributed by atoms with E-state index in [0.717, 1.165) is 25.7 Å². The predicted molar refractivity (Wildman–Crippen MR) is 97.7 cm³/mol. The number of ether oxygens (including phenoxy) is 1. The summed E-state index contributed by atoms with van der Waals surface area (Å²) in [7, 11) is 0. The first-order chi connectivity index (χ1) is 11.3. The van der Waals surface area contributed by atoms with Gasteiger partial charge >= 0.3 is 0 Å². The highest BCUT2D eigenvalue weighted by Crippen LogP contribution is 2.10. The first-order valence-electron chi connectivity index (χ1n) is 8.01. The summed E-state index contributed by atoms with van der Waals surface area (Å²) in [5, 5.41) is 10.9. The van der Waals surface area contributed by atoms with E-state index >= 15 is 0 Å². The highest BCUT2D eigenvalue weighted by molar-refractivity contribution is 7.07. The Kier molecular flexibility index (Phi) is 7.63. The molecule has 0 amide bonds. The lowest BCUT2D eigenvalue weighted by atomic mass is 10.1. The second kappa shape index (κ2) is 10.0. The van der Waals surface area contributed by atoms with Crippen molar-refractivity contribution in [2.75, 3.05) is 13.2 Å². The Hall–Kier alpha value is -1.85. The number of benzene rings is 1. The molecular formula is C18H25N3OS. The largest absolute Gasteiger partial charge is 0.377 e. The van der Waals surface area contributed by atoms with Crippen LogP contribution in [-0.4, -0.2) is 19.1 Å². The lowest BCUT2D eigenvalue weighted by Gasteiger charge is -2.14. The van der Waals surface area contributed by atoms with Gasteiger partial charge in [-0.2, -0.15) is 11.3 Å². The van der Waals surface area contributed by atoms with Crippen LogP contribution >= 0.6 is 11.3 Å². The zero-order valence-electron chi connectivity index (χ0n) is 13.8. The Morgan fingerprint density at radius 1 is 1.13 bits per heavy atom. The fraction of sp³-hybridized carbons (Fsp3) is 0.389. The molecule has 0 unspecified atom stereocenters. The van der Waals surface area contributed by atoms with E-state index in [9.17, 15) is 0 Å². The van der Waals surface area contributed by atoms with Gasteiger partial charge in [-0.3, -0.25) is 0 Å². The van der Waals surface area contributed by atoms with Crippen molar-refractivity contribution in [3.05, 3.63) is 57.8 Å². The highest BCUT2D eigenvalue weighted by Gasteiger charge is 2.03. The summed E-state index contributed by atoms with van der Waals surface area (Å²) in [6, 6.07) is 10.5. The molecule has 0 aliphatic carbocycles. The third kappa shape index (κ3) is 6.04. The predicted octanol–water partition coefficient (Wildman–Crippen LogP) is 3.54. The van der Waals surface area contributed by atoms with Crippen LogP contribution in [0.1, 0.15) is 30.5 Å². The zero-order valence-corrected chi connectivity index (χ0v) is 14.7. The van der Waals surface area contributed by atoms with E-state index in [2.05, 4.69) is 57.6 Å². The second-order valence-electron chi connectivity index (χ2n) is 5.09. The van der Waals surface area contributed by atoms with Crippen molar-refractivity contribution in [1.29, 1.82) is 0 Å². The van der Waals surface area contributed by atoms with Crippen LogP contribution in [0.4, 0.5) is 0 Å². The minimum Gasteiger partial charge on any atom is -0.377 e. The molecule has 0 saturated carbocycles. The van der Waals surface area contributed by atoms with Gasteiger partial charge in [0.2, 0.25) is 0 Å². The average Bonchev–Trinajstić information content (AvgIpc) is 3.09. The number of rotatable bonds is 8. The monoisotopic (exact) mass is 331 g/mol. The number of aliphatic imine (C=N–C) groups is 1. The first-order valence-corrected chi connectivity index (χ1v) is 8.95. The molecule has 2 rings (SSSR count). The summed E-state index contributed by atoms with van der Waals surface area (Å²) in [5.41, 5.74) is 3.70.